The van der Waals surface area contributed by atoms with Crippen LogP contribution in [0.1, 0.15) is 5.56 Å². The first-order valence-electron chi connectivity index (χ1n) is 6.96. The highest BCUT2D eigenvalue weighted by Gasteiger charge is 2.17. The van der Waals surface area contributed by atoms with Gasteiger partial charge in [0.05, 0.1) is 11.3 Å². The summed E-state index contributed by atoms with van der Waals surface area (Å²) in [6, 6.07) is 16.0. The molecule has 0 aliphatic heterocycles. The van der Waals surface area contributed by atoms with Crippen molar-refractivity contribution in [3.8, 4) is 17.3 Å². The molecule has 2 aromatic carbocycles. The Bertz CT molecular complexity index is 1020. The summed E-state index contributed by atoms with van der Waals surface area (Å²) in [6.07, 6.45) is 1.37. The van der Waals surface area contributed by atoms with Crippen molar-refractivity contribution < 1.29 is 12.8 Å². The number of nitrogens with zero attached hydrogens (tertiary/aromatic N) is 1. The van der Waals surface area contributed by atoms with E-state index in [1.165, 1.54) is 24.4 Å². The number of aromatic nitrogens is 1. The van der Waals surface area contributed by atoms with Crippen LogP contribution >= 0.6 is 0 Å². The molecule has 0 aliphatic carbocycles. The molecule has 120 valence electrons. The van der Waals surface area contributed by atoms with Crippen molar-refractivity contribution in [3.63, 3.8) is 0 Å². The topological polar surface area (TPSA) is 85.8 Å². The van der Waals surface area contributed by atoms with Crippen molar-refractivity contribution in [1.82, 2.24) is 4.98 Å². The lowest BCUT2D eigenvalue weighted by Gasteiger charge is -2.06. The molecule has 1 aromatic heterocycles. The number of nitriles is 1. The highest BCUT2D eigenvalue weighted by molar-refractivity contribution is 7.92. The highest BCUT2D eigenvalue weighted by Crippen LogP contribution is 2.23. The normalized spacial score (nSPS) is 11.0. The van der Waals surface area contributed by atoms with Crippen molar-refractivity contribution in [3.05, 3.63) is 72.2 Å². The van der Waals surface area contributed by atoms with E-state index in [9.17, 15) is 12.8 Å². The maximum absolute atomic E-state index is 13.6. The number of nitrogens with one attached hydrogen (secondary N) is 2. The van der Waals surface area contributed by atoms with Crippen LogP contribution in [-0.4, -0.2) is 13.4 Å². The second-order valence-electron chi connectivity index (χ2n) is 5.03. The number of halogens is 1. The number of benzene rings is 2. The second-order valence-corrected chi connectivity index (χ2v) is 6.71. The molecule has 3 aromatic rings. The maximum atomic E-state index is 13.6. The fourth-order valence-corrected chi connectivity index (χ4v) is 3.24. The van der Waals surface area contributed by atoms with Crippen LogP contribution in [0.2, 0.25) is 0 Å². The zero-order chi connectivity index (χ0) is 17.2. The Labute approximate surface area is 138 Å². The first kappa shape index (κ1) is 15.8. The molecule has 0 spiro atoms. The summed E-state index contributed by atoms with van der Waals surface area (Å²) in [5.74, 6) is -0.781. The van der Waals surface area contributed by atoms with Crippen LogP contribution in [0.25, 0.3) is 11.3 Å². The van der Waals surface area contributed by atoms with Gasteiger partial charge in [-0.1, -0.05) is 30.3 Å². The largest absolute Gasteiger partial charge is 0.360 e. The average Bonchev–Trinajstić information content (AvgIpc) is 3.06. The van der Waals surface area contributed by atoms with Crippen LogP contribution in [0.15, 0.2) is 65.7 Å². The van der Waals surface area contributed by atoms with Crippen LogP contribution in [0, 0.1) is 17.1 Å². The van der Waals surface area contributed by atoms with Gasteiger partial charge >= 0.3 is 0 Å². The average molecular weight is 341 g/mol. The minimum atomic E-state index is -3.87. The van der Waals surface area contributed by atoms with Gasteiger partial charge in [0.2, 0.25) is 0 Å². The molecule has 0 fully saturated rings. The Morgan fingerprint density at radius 3 is 2.50 bits per heavy atom. The Morgan fingerprint density at radius 2 is 1.83 bits per heavy atom. The molecule has 0 unspecified atom stereocenters. The van der Waals surface area contributed by atoms with Crippen molar-refractivity contribution >= 4 is 15.7 Å². The quantitative estimate of drug-likeness (QED) is 0.761. The van der Waals surface area contributed by atoms with Gasteiger partial charge in [0.15, 0.2) is 0 Å². The van der Waals surface area contributed by atoms with Gasteiger partial charge in [0, 0.05) is 11.9 Å². The molecule has 0 saturated carbocycles. The van der Waals surface area contributed by atoms with Gasteiger partial charge in [-0.3, -0.25) is 4.72 Å². The molecule has 0 bridgehead atoms. The summed E-state index contributed by atoms with van der Waals surface area (Å²) in [6.45, 7) is 0. The van der Waals surface area contributed by atoms with Crippen LogP contribution in [0.4, 0.5) is 10.1 Å². The second kappa shape index (κ2) is 6.18. The van der Waals surface area contributed by atoms with Crippen LogP contribution < -0.4 is 4.72 Å². The third-order valence-electron chi connectivity index (χ3n) is 3.39. The number of aromatic amines is 1. The molecule has 5 nitrogen and oxygen atoms in total. The van der Waals surface area contributed by atoms with Crippen LogP contribution in [-0.2, 0) is 10.0 Å². The standard InChI is InChI=1S/C17H12FN3O2S/c18-16-8-14(7-6-13(16)10-19)21-24(22,23)15-9-17(20-11-15)12-4-2-1-3-5-12/h1-9,11,20-21H. The summed E-state index contributed by atoms with van der Waals surface area (Å²) in [5.41, 5.74) is 1.41. The van der Waals surface area contributed by atoms with E-state index >= 15 is 0 Å². The SMILES string of the molecule is N#Cc1ccc(NS(=O)(=O)c2c[nH]c(-c3ccccc3)c2)cc1F. The fraction of sp³-hybridized carbons (Fsp3) is 0. The number of rotatable bonds is 4. The van der Waals surface area contributed by atoms with Gasteiger partial charge < -0.3 is 4.98 Å². The van der Waals surface area contributed by atoms with E-state index in [0.29, 0.717) is 5.69 Å². The predicted molar refractivity (Wildman–Crippen MR) is 88.2 cm³/mol. The lowest BCUT2D eigenvalue weighted by atomic mass is 10.2. The zero-order valence-electron chi connectivity index (χ0n) is 12.3. The predicted octanol–water partition coefficient (Wildman–Crippen LogP) is 3.49. The molecule has 1 heterocycles. The van der Waals surface area contributed by atoms with E-state index in [0.717, 1.165) is 11.6 Å². The molecule has 0 saturated heterocycles. The molecular formula is C17H12FN3O2S. The molecule has 2 N–H and O–H groups in total. The number of anilines is 1. The Balaban J connectivity index is 1.88. The van der Waals surface area contributed by atoms with E-state index in [2.05, 4.69) is 9.71 Å². The Hall–Kier alpha value is -3.11. The van der Waals surface area contributed by atoms with Gasteiger partial charge in [-0.05, 0) is 29.8 Å². The monoisotopic (exact) mass is 341 g/mol. The summed E-state index contributed by atoms with van der Waals surface area (Å²) in [7, 11) is -3.87. The van der Waals surface area contributed by atoms with Crippen molar-refractivity contribution in [2.45, 2.75) is 4.90 Å². The van der Waals surface area contributed by atoms with Crippen molar-refractivity contribution in [2.75, 3.05) is 4.72 Å². The molecule has 0 radical (unpaired) electrons. The van der Waals surface area contributed by atoms with Gasteiger partial charge in [0.25, 0.3) is 10.0 Å². The van der Waals surface area contributed by atoms with Gasteiger partial charge in [-0.15, -0.1) is 0 Å². The van der Waals surface area contributed by atoms with E-state index in [1.54, 1.807) is 6.07 Å². The molecular weight excluding hydrogens is 329 g/mol. The summed E-state index contributed by atoms with van der Waals surface area (Å²) >= 11 is 0. The summed E-state index contributed by atoms with van der Waals surface area (Å²) in [5, 5.41) is 8.70. The minimum Gasteiger partial charge on any atom is -0.360 e. The highest BCUT2D eigenvalue weighted by atomic mass is 32.2. The first-order valence-corrected chi connectivity index (χ1v) is 8.44. The van der Waals surface area contributed by atoms with Crippen LogP contribution in [0.3, 0.4) is 0 Å². The minimum absolute atomic E-state index is 0.0334. The number of sulfonamides is 1. The first-order chi connectivity index (χ1) is 11.5. The zero-order valence-corrected chi connectivity index (χ0v) is 13.1. The smallest absolute Gasteiger partial charge is 0.263 e. The number of hydrogen-bond donors (Lipinski definition) is 2. The Morgan fingerprint density at radius 1 is 1.08 bits per heavy atom. The summed E-state index contributed by atoms with van der Waals surface area (Å²) in [4.78, 5) is 2.94. The Kier molecular flexibility index (Phi) is 4.06. The summed E-state index contributed by atoms with van der Waals surface area (Å²) < 4.78 is 40.7. The van der Waals surface area contributed by atoms with Crippen molar-refractivity contribution in [1.29, 1.82) is 5.26 Å². The van der Waals surface area contributed by atoms with Gasteiger partial charge in [0.1, 0.15) is 16.8 Å². The molecule has 7 heteroatoms. The van der Waals surface area contributed by atoms with E-state index < -0.39 is 15.8 Å². The molecule has 0 atom stereocenters. The third-order valence-corrected chi connectivity index (χ3v) is 4.75. The van der Waals surface area contributed by atoms with E-state index in [1.807, 2.05) is 30.3 Å². The fourth-order valence-electron chi connectivity index (χ4n) is 2.20. The maximum Gasteiger partial charge on any atom is 0.263 e. The molecule has 0 amide bonds. The number of H-pyrrole nitrogens is 1. The molecule has 0 aliphatic rings. The van der Waals surface area contributed by atoms with E-state index in [-0.39, 0.29) is 16.1 Å². The van der Waals surface area contributed by atoms with Gasteiger partial charge in [-0.25, -0.2) is 12.8 Å². The molecule has 24 heavy (non-hydrogen) atoms. The molecule has 3 rings (SSSR count). The lowest BCUT2D eigenvalue weighted by Crippen LogP contribution is -2.12. The van der Waals surface area contributed by atoms with Crippen molar-refractivity contribution in [2.24, 2.45) is 0 Å². The third kappa shape index (κ3) is 3.14. The van der Waals surface area contributed by atoms with Gasteiger partial charge in [-0.2, -0.15) is 5.26 Å². The lowest BCUT2D eigenvalue weighted by molar-refractivity contribution is 0.601. The van der Waals surface area contributed by atoms with Crippen LogP contribution in [0.5, 0.6) is 0 Å². The number of hydrogen-bond acceptors (Lipinski definition) is 3. The van der Waals surface area contributed by atoms with E-state index in [4.69, 9.17) is 5.26 Å².